The first-order chi connectivity index (χ1) is 8.53. The second-order valence-corrected chi connectivity index (χ2v) is 5.98. The van der Waals surface area contributed by atoms with Crippen molar-refractivity contribution < 1.29 is 14.6 Å². The van der Waals surface area contributed by atoms with Crippen LogP contribution in [-0.2, 0) is 16.0 Å². The van der Waals surface area contributed by atoms with E-state index in [1.807, 2.05) is 12.1 Å². The number of hydrogen-bond acceptors (Lipinski definition) is 2. The average molecular weight is 334 g/mol. The van der Waals surface area contributed by atoms with E-state index in [9.17, 15) is 9.90 Å². The Balaban J connectivity index is 2.26. The van der Waals surface area contributed by atoms with Crippen molar-refractivity contribution in [1.29, 1.82) is 0 Å². The lowest BCUT2D eigenvalue weighted by molar-refractivity contribution is -0.157. The van der Waals surface area contributed by atoms with Crippen molar-refractivity contribution in [2.24, 2.45) is 5.41 Å². The molecule has 0 amide bonds. The van der Waals surface area contributed by atoms with Crippen molar-refractivity contribution in [3.05, 3.63) is 33.3 Å². The van der Waals surface area contributed by atoms with Crippen LogP contribution >= 0.6 is 27.5 Å². The van der Waals surface area contributed by atoms with Crippen molar-refractivity contribution in [2.75, 3.05) is 13.2 Å². The van der Waals surface area contributed by atoms with Crippen LogP contribution in [0.4, 0.5) is 0 Å². The molecule has 5 heteroatoms. The fraction of sp³-hybridized carbons (Fsp3) is 0.462. The van der Waals surface area contributed by atoms with Crippen molar-refractivity contribution >= 4 is 33.5 Å². The lowest BCUT2D eigenvalue weighted by Gasteiger charge is -2.33. The van der Waals surface area contributed by atoms with Crippen molar-refractivity contribution in [2.45, 2.75) is 19.3 Å². The maximum atomic E-state index is 11.5. The van der Waals surface area contributed by atoms with E-state index in [1.165, 1.54) is 0 Å². The summed E-state index contributed by atoms with van der Waals surface area (Å²) in [5.74, 6) is -0.804. The predicted molar refractivity (Wildman–Crippen MR) is 73.0 cm³/mol. The van der Waals surface area contributed by atoms with Crippen LogP contribution in [0.3, 0.4) is 0 Å². The van der Waals surface area contributed by atoms with Gasteiger partial charge in [-0.05, 0) is 37.0 Å². The first-order valence-corrected chi connectivity index (χ1v) is 6.96. The van der Waals surface area contributed by atoms with Crippen molar-refractivity contribution in [3.8, 4) is 0 Å². The van der Waals surface area contributed by atoms with Crippen LogP contribution in [0, 0.1) is 5.41 Å². The molecule has 0 spiro atoms. The Hall–Kier alpha value is -0.580. The van der Waals surface area contributed by atoms with E-state index in [0.29, 0.717) is 24.5 Å². The van der Waals surface area contributed by atoms with Crippen LogP contribution in [0.15, 0.2) is 22.7 Å². The van der Waals surface area contributed by atoms with Gasteiger partial charge in [0.2, 0.25) is 0 Å². The molecule has 3 nitrogen and oxygen atoms in total. The van der Waals surface area contributed by atoms with Gasteiger partial charge in [-0.3, -0.25) is 4.79 Å². The van der Waals surface area contributed by atoms with E-state index < -0.39 is 11.4 Å². The third kappa shape index (κ3) is 2.87. The van der Waals surface area contributed by atoms with E-state index in [-0.39, 0.29) is 6.61 Å². The number of aliphatic carboxylic acids is 1. The number of halogens is 2. The molecule has 1 atom stereocenters. The number of hydrogen-bond donors (Lipinski definition) is 1. The zero-order valence-corrected chi connectivity index (χ0v) is 12.1. The van der Waals surface area contributed by atoms with Gasteiger partial charge in [0, 0.05) is 16.1 Å². The van der Waals surface area contributed by atoms with Crippen LogP contribution in [0.25, 0.3) is 0 Å². The molecule has 1 aliphatic heterocycles. The Bertz CT molecular complexity index is 456. The van der Waals surface area contributed by atoms with Crippen LogP contribution < -0.4 is 0 Å². The molecule has 1 aromatic carbocycles. The van der Waals surface area contributed by atoms with E-state index in [4.69, 9.17) is 16.3 Å². The van der Waals surface area contributed by atoms with Gasteiger partial charge in [0.1, 0.15) is 0 Å². The molecule has 98 valence electrons. The summed E-state index contributed by atoms with van der Waals surface area (Å²) in [5.41, 5.74) is 0.0168. The first kappa shape index (κ1) is 13.8. The minimum atomic E-state index is -0.838. The van der Waals surface area contributed by atoms with Gasteiger partial charge in [-0.15, -0.1) is 0 Å². The topological polar surface area (TPSA) is 46.5 Å². The van der Waals surface area contributed by atoms with Crippen molar-refractivity contribution in [3.63, 3.8) is 0 Å². The minimum absolute atomic E-state index is 0.259. The molecule has 0 saturated carbocycles. The fourth-order valence-corrected chi connectivity index (χ4v) is 3.01. The van der Waals surface area contributed by atoms with Gasteiger partial charge in [-0.1, -0.05) is 33.6 Å². The Kier molecular flexibility index (Phi) is 4.30. The fourth-order valence-electron chi connectivity index (χ4n) is 2.27. The van der Waals surface area contributed by atoms with E-state index in [1.54, 1.807) is 6.07 Å². The first-order valence-electron chi connectivity index (χ1n) is 5.79. The molecule has 1 fully saturated rings. The average Bonchev–Trinajstić information content (AvgIpc) is 2.34. The van der Waals surface area contributed by atoms with Gasteiger partial charge < -0.3 is 9.84 Å². The minimum Gasteiger partial charge on any atom is -0.481 e. The van der Waals surface area contributed by atoms with Gasteiger partial charge in [-0.25, -0.2) is 0 Å². The third-order valence-electron chi connectivity index (χ3n) is 3.32. The summed E-state index contributed by atoms with van der Waals surface area (Å²) in [4.78, 5) is 11.5. The number of carboxylic acids is 1. The lowest BCUT2D eigenvalue weighted by Crippen LogP contribution is -2.41. The summed E-state index contributed by atoms with van der Waals surface area (Å²) in [6.45, 7) is 0.901. The SMILES string of the molecule is O=C(O)C1(Cc2ccc(Br)cc2Cl)CCCOC1. The Morgan fingerprint density at radius 3 is 2.89 bits per heavy atom. The second-order valence-electron chi connectivity index (χ2n) is 4.65. The quantitative estimate of drug-likeness (QED) is 0.920. The maximum Gasteiger partial charge on any atom is 0.312 e. The molecule has 1 saturated heterocycles. The molecule has 0 aromatic heterocycles. The van der Waals surface area contributed by atoms with E-state index in [0.717, 1.165) is 16.5 Å². The number of carboxylic acid groups (broad SMARTS) is 1. The van der Waals surface area contributed by atoms with Crippen LogP contribution in [0.2, 0.25) is 5.02 Å². The lowest BCUT2D eigenvalue weighted by atomic mass is 9.77. The molecule has 1 heterocycles. The molecule has 2 rings (SSSR count). The van der Waals surface area contributed by atoms with Gasteiger partial charge in [0.25, 0.3) is 0 Å². The molecular weight excluding hydrogens is 319 g/mol. The molecule has 0 bridgehead atoms. The highest BCUT2D eigenvalue weighted by atomic mass is 79.9. The third-order valence-corrected chi connectivity index (χ3v) is 4.17. The Labute approximate surface area is 119 Å². The molecule has 18 heavy (non-hydrogen) atoms. The number of benzene rings is 1. The predicted octanol–water partition coefficient (Wildman–Crippen LogP) is 3.53. The monoisotopic (exact) mass is 332 g/mol. The zero-order chi connectivity index (χ0) is 13.2. The van der Waals surface area contributed by atoms with Gasteiger partial charge in [-0.2, -0.15) is 0 Å². The zero-order valence-electron chi connectivity index (χ0n) is 9.79. The summed E-state index contributed by atoms with van der Waals surface area (Å²) in [5, 5.41) is 10.1. The van der Waals surface area contributed by atoms with Gasteiger partial charge in [0.05, 0.1) is 12.0 Å². The molecule has 1 unspecified atom stereocenters. The Morgan fingerprint density at radius 2 is 2.33 bits per heavy atom. The number of rotatable bonds is 3. The summed E-state index contributed by atoms with van der Waals surface area (Å²) in [6.07, 6.45) is 1.82. The van der Waals surface area contributed by atoms with Crippen LogP contribution in [0.1, 0.15) is 18.4 Å². The maximum absolute atomic E-state index is 11.5. The Morgan fingerprint density at radius 1 is 1.56 bits per heavy atom. The highest BCUT2D eigenvalue weighted by Crippen LogP contribution is 2.35. The van der Waals surface area contributed by atoms with E-state index >= 15 is 0 Å². The molecule has 1 aliphatic rings. The van der Waals surface area contributed by atoms with Gasteiger partial charge >= 0.3 is 5.97 Å². The molecule has 1 aromatic rings. The molecular formula is C13H14BrClO3. The van der Waals surface area contributed by atoms with Gasteiger partial charge in [0.15, 0.2) is 0 Å². The van der Waals surface area contributed by atoms with E-state index in [2.05, 4.69) is 15.9 Å². The standard InChI is InChI=1S/C13H14BrClO3/c14-10-3-2-9(11(15)6-10)7-13(12(16)17)4-1-5-18-8-13/h2-3,6H,1,4-5,7-8H2,(H,16,17). The second kappa shape index (κ2) is 5.59. The highest BCUT2D eigenvalue weighted by molar-refractivity contribution is 9.10. The number of carbonyl (C=O) groups is 1. The summed E-state index contributed by atoms with van der Waals surface area (Å²) >= 11 is 9.49. The smallest absolute Gasteiger partial charge is 0.312 e. The van der Waals surface area contributed by atoms with Crippen LogP contribution in [0.5, 0.6) is 0 Å². The highest BCUT2D eigenvalue weighted by Gasteiger charge is 2.41. The molecule has 1 N–H and O–H groups in total. The largest absolute Gasteiger partial charge is 0.481 e. The molecule has 0 aliphatic carbocycles. The summed E-state index contributed by atoms with van der Waals surface area (Å²) < 4.78 is 6.24. The normalized spacial score (nSPS) is 23.9. The molecule has 0 radical (unpaired) electrons. The van der Waals surface area contributed by atoms with Crippen molar-refractivity contribution in [1.82, 2.24) is 0 Å². The summed E-state index contributed by atoms with van der Waals surface area (Å²) in [7, 11) is 0. The number of ether oxygens (including phenoxy) is 1. The van der Waals surface area contributed by atoms with Crippen LogP contribution in [-0.4, -0.2) is 24.3 Å². The summed E-state index contributed by atoms with van der Waals surface area (Å²) in [6, 6.07) is 5.53.